The number of nitrogens with one attached hydrogen (secondary N) is 1. The number of pyridine rings is 1. The van der Waals surface area contributed by atoms with E-state index in [1.807, 2.05) is 17.5 Å². The third-order valence-electron chi connectivity index (χ3n) is 3.23. The predicted molar refractivity (Wildman–Crippen MR) is 94.7 cm³/mol. The van der Waals surface area contributed by atoms with Crippen molar-refractivity contribution in [2.75, 3.05) is 5.32 Å². The summed E-state index contributed by atoms with van der Waals surface area (Å²) >= 11 is 3.05. The molecule has 0 aromatic carbocycles. The van der Waals surface area contributed by atoms with E-state index in [0.29, 0.717) is 17.2 Å². The van der Waals surface area contributed by atoms with Crippen LogP contribution in [-0.4, -0.2) is 25.7 Å². The number of carbonyl (C=O) groups is 1. The van der Waals surface area contributed by atoms with Crippen LogP contribution in [0, 0.1) is 0 Å². The van der Waals surface area contributed by atoms with Crippen LogP contribution in [0.15, 0.2) is 59.7 Å². The molecule has 0 saturated heterocycles. The zero-order chi connectivity index (χ0) is 16.4. The Bertz CT molecular complexity index is 960. The number of amides is 1. The van der Waals surface area contributed by atoms with Crippen molar-refractivity contribution in [2.45, 2.75) is 0 Å². The smallest absolute Gasteiger partial charge is 0.275 e. The average molecular weight is 353 g/mol. The molecule has 0 aliphatic rings. The van der Waals surface area contributed by atoms with E-state index in [0.717, 1.165) is 9.88 Å². The van der Waals surface area contributed by atoms with Gasteiger partial charge in [0.15, 0.2) is 5.82 Å². The molecule has 8 heteroatoms. The molecular formula is C16H11N5OS2. The molecule has 0 radical (unpaired) electrons. The summed E-state index contributed by atoms with van der Waals surface area (Å²) in [5.74, 6) is 0.292. The largest absolute Gasteiger partial charge is 0.317 e. The Kier molecular flexibility index (Phi) is 3.89. The van der Waals surface area contributed by atoms with Gasteiger partial charge in [0.2, 0.25) is 0 Å². The molecule has 0 aliphatic heterocycles. The van der Waals surface area contributed by atoms with Gasteiger partial charge >= 0.3 is 0 Å². The van der Waals surface area contributed by atoms with Crippen LogP contribution in [0.3, 0.4) is 0 Å². The molecule has 24 heavy (non-hydrogen) atoms. The standard InChI is InChI=1S/C16H11N5OS2/c22-15(12-10-24-16(20-12)13-5-2-9-23-13)19-11-4-1-6-17-14(11)21-8-3-7-18-21/h1-10H,(H,19,22). The van der Waals surface area contributed by atoms with E-state index in [9.17, 15) is 4.79 Å². The first-order valence-corrected chi connectivity index (χ1v) is 8.83. The van der Waals surface area contributed by atoms with Gasteiger partial charge in [-0.05, 0) is 29.6 Å². The van der Waals surface area contributed by atoms with E-state index in [4.69, 9.17) is 0 Å². The Morgan fingerprint density at radius 3 is 2.88 bits per heavy atom. The van der Waals surface area contributed by atoms with Crippen LogP contribution in [0.4, 0.5) is 5.69 Å². The maximum absolute atomic E-state index is 12.5. The summed E-state index contributed by atoms with van der Waals surface area (Å²) in [6.45, 7) is 0. The lowest BCUT2D eigenvalue weighted by atomic mass is 10.3. The Morgan fingerprint density at radius 2 is 2.08 bits per heavy atom. The summed E-state index contributed by atoms with van der Waals surface area (Å²) in [4.78, 5) is 22.2. The van der Waals surface area contributed by atoms with Crippen molar-refractivity contribution in [3.8, 4) is 15.7 Å². The van der Waals surface area contributed by atoms with Crippen molar-refractivity contribution in [1.82, 2.24) is 19.7 Å². The lowest BCUT2D eigenvalue weighted by Gasteiger charge is -2.08. The fraction of sp³-hybridized carbons (Fsp3) is 0. The molecule has 0 aliphatic carbocycles. The fourth-order valence-electron chi connectivity index (χ4n) is 2.15. The molecule has 0 saturated carbocycles. The number of anilines is 1. The molecule has 1 amide bonds. The van der Waals surface area contributed by atoms with Gasteiger partial charge < -0.3 is 5.32 Å². The highest BCUT2D eigenvalue weighted by Gasteiger charge is 2.15. The van der Waals surface area contributed by atoms with Gasteiger partial charge in [-0.3, -0.25) is 4.79 Å². The summed E-state index contributed by atoms with van der Waals surface area (Å²) in [6.07, 6.45) is 5.09. The monoisotopic (exact) mass is 353 g/mol. The minimum absolute atomic E-state index is 0.268. The molecule has 1 N–H and O–H groups in total. The van der Waals surface area contributed by atoms with Crippen molar-refractivity contribution in [2.24, 2.45) is 0 Å². The van der Waals surface area contributed by atoms with Crippen LogP contribution in [-0.2, 0) is 0 Å². The molecule has 6 nitrogen and oxygen atoms in total. The van der Waals surface area contributed by atoms with Crippen LogP contribution >= 0.6 is 22.7 Å². The second-order valence-corrected chi connectivity index (χ2v) is 6.60. The number of carbonyl (C=O) groups excluding carboxylic acids is 1. The van der Waals surface area contributed by atoms with E-state index in [2.05, 4.69) is 20.4 Å². The molecule has 118 valence electrons. The number of rotatable bonds is 4. The molecule has 4 aromatic rings. The molecule has 0 unspecified atom stereocenters. The number of aromatic nitrogens is 4. The van der Waals surface area contributed by atoms with Crippen LogP contribution in [0.5, 0.6) is 0 Å². The normalized spacial score (nSPS) is 10.7. The highest BCUT2D eigenvalue weighted by Crippen LogP contribution is 2.28. The minimum atomic E-state index is -0.268. The second kappa shape index (κ2) is 6.34. The average Bonchev–Trinajstić information content (AvgIpc) is 3.35. The van der Waals surface area contributed by atoms with Crippen molar-refractivity contribution in [1.29, 1.82) is 0 Å². The van der Waals surface area contributed by atoms with Crippen LogP contribution < -0.4 is 5.32 Å². The highest BCUT2D eigenvalue weighted by atomic mass is 32.1. The topological polar surface area (TPSA) is 72.7 Å². The van der Waals surface area contributed by atoms with Crippen molar-refractivity contribution in [3.63, 3.8) is 0 Å². The van der Waals surface area contributed by atoms with Gasteiger partial charge in [-0.15, -0.1) is 22.7 Å². The number of hydrogen-bond donors (Lipinski definition) is 1. The quantitative estimate of drug-likeness (QED) is 0.607. The minimum Gasteiger partial charge on any atom is -0.317 e. The summed E-state index contributed by atoms with van der Waals surface area (Å²) in [5.41, 5.74) is 0.968. The Balaban J connectivity index is 1.59. The Labute approximate surface area is 145 Å². The molecule has 0 atom stereocenters. The van der Waals surface area contributed by atoms with E-state index in [1.165, 1.54) is 11.3 Å². The first-order valence-electron chi connectivity index (χ1n) is 7.07. The lowest BCUT2D eigenvalue weighted by Crippen LogP contribution is -2.15. The Hall–Kier alpha value is -2.84. The maximum atomic E-state index is 12.5. The molecule has 4 heterocycles. The first-order chi connectivity index (χ1) is 11.8. The maximum Gasteiger partial charge on any atom is 0.275 e. The Morgan fingerprint density at radius 1 is 1.12 bits per heavy atom. The van der Waals surface area contributed by atoms with E-state index in [-0.39, 0.29) is 5.91 Å². The van der Waals surface area contributed by atoms with Gasteiger partial charge in [0.1, 0.15) is 10.7 Å². The molecular weight excluding hydrogens is 342 g/mol. The number of hydrogen-bond acceptors (Lipinski definition) is 6. The number of thiophene rings is 1. The zero-order valence-corrected chi connectivity index (χ0v) is 13.9. The van der Waals surface area contributed by atoms with Crippen LogP contribution in [0.25, 0.3) is 15.7 Å². The van der Waals surface area contributed by atoms with Gasteiger partial charge in [-0.25, -0.2) is 14.6 Å². The van der Waals surface area contributed by atoms with Crippen molar-refractivity contribution in [3.05, 3.63) is 65.4 Å². The zero-order valence-electron chi connectivity index (χ0n) is 12.3. The summed E-state index contributed by atoms with van der Waals surface area (Å²) in [5, 5.41) is 11.6. The summed E-state index contributed by atoms with van der Waals surface area (Å²) < 4.78 is 1.60. The third kappa shape index (κ3) is 2.84. The molecule has 0 bridgehead atoms. The van der Waals surface area contributed by atoms with Gasteiger partial charge in [-0.1, -0.05) is 6.07 Å². The predicted octanol–water partition coefficient (Wildman–Crippen LogP) is 3.70. The third-order valence-corrected chi connectivity index (χ3v) is 5.11. The van der Waals surface area contributed by atoms with Gasteiger partial charge in [0.05, 0.1) is 10.6 Å². The van der Waals surface area contributed by atoms with E-state index < -0.39 is 0 Å². The number of nitrogens with zero attached hydrogens (tertiary/aromatic N) is 4. The molecule has 0 fully saturated rings. The van der Waals surface area contributed by atoms with Crippen LogP contribution in [0.1, 0.15) is 10.5 Å². The van der Waals surface area contributed by atoms with E-state index >= 15 is 0 Å². The van der Waals surface area contributed by atoms with Crippen molar-refractivity contribution >= 4 is 34.3 Å². The first kappa shape index (κ1) is 14.7. The highest BCUT2D eigenvalue weighted by molar-refractivity contribution is 7.20. The van der Waals surface area contributed by atoms with Gasteiger partial charge in [0.25, 0.3) is 5.91 Å². The summed E-state index contributed by atoms with van der Waals surface area (Å²) in [7, 11) is 0. The van der Waals surface area contributed by atoms with Gasteiger partial charge in [0, 0.05) is 24.0 Å². The SMILES string of the molecule is O=C(Nc1cccnc1-n1cccn1)c1csc(-c2cccs2)n1. The second-order valence-electron chi connectivity index (χ2n) is 4.79. The lowest BCUT2D eigenvalue weighted by molar-refractivity contribution is 0.102. The van der Waals surface area contributed by atoms with E-state index in [1.54, 1.807) is 58.2 Å². The molecule has 0 spiro atoms. The number of thiazole rings is 1. The molecule has 4 rings (SSSR count). The van der Waals surface area contributed by atoms with Crippen LogP contribution in [0.2, 0.25) is 0 Å². The van der Waals surface area contributed by atoms with Crippen molar-refractivity contribution < 1.29 is 4.79 Å². The fourth-order valence-corrected chi connectivity index (χ4v) is 3.76. The molecule has 4 aromatic heterocycles. The summed E-state index contributed by atoms with van der Waals surface area (Å²) in [6, 6.07) is 9.30. The van der Waals surface area contributed by atoms with Gasteiger partial charge in [-0.2, -0.15) is 5.10 Å².